The number of hydrogen-bond acceptors (Lipinski definition) is 5. The molecule has 1 rings (SSSR count). The van der Waals surface area contributed by atoms with Gasteiger partial charge in [0.05, 0.1) is 13.1 Å². The third-order valence-electron chi connectivity index (χ3n) is 1.54. The lowest BCUT2D eigenvalue weighted by atomic mass is 10.7. The molecule has 0 aromatic rings. The molecule has 1 atom stereocenters. The second-order valence-electron chi connectivity index (χ2n) is 2.38. The average Bonchev–Trinajstić information content (AvgIpc) is 2.35. The van der Waals surface area contributed by atoms with Crippen LogP contribution in [0.5, 0.6) is 0 Å². The van der Waals surface area contributed by atoms with Crippen molar-refractivity contribution in [1.29, 1.82) is 5.41 Å². The van der Waals surface area contributed by atoms with E-state index in [0.29, 0.717) is 13.1 Å². The Morgan fingerprint density at radius 1 is 1.77 bits per heavy atom. The molecule has 5 N–H and O–H groups in total. The SMILES string of the molecule is N=C1N(N)CCN1NCO[PH](=O)O. The molecule has 0 aliphatic carbocycles. The molecule has 0 amide bonds. The Morgan fingerprint density at radius 2 is 2.46 bits per heavy atom. The lowest BCUT2D eigenvalue weighted by Gasteiger charge is -2.18. The summed E-state index contributed by atoms with van der Waals surface area (Å²) in [7, 11) is -2.91. The summed E-state index contributed by atoms with van der Waals surface area (Å²) >= 11 is 0. The highest BCUT2D eigenvalue weighted by atomic mass is 31.1. The first-order chi connectivity index (χ1) is 6.11. The largest absolute Gasteiger partial charge is 0.326 e. The van der Waals surface area contributed by atoms with E-state index < -0.39 is 8.25 Å². The third-order valence-corrected chi connectivity index (χ3v) is 1.93. The van der Waals surface area contributed by atoms with Crippen molar-refractivity contribution >= 4 is 14.2 Å². The first kappa shape index (κ1) is 10.4. The Labute approximate surface area is 75.6 Å². The number of hydrogen-bond donors (Lipinski definition) is 4. The molecular weight excluding hydrogens is 197 g/mol. The molecule has 9 heteroatoms. The fourth-order valence-corrected chi connectivity index (χ4v) is 1.09. The molecule has 0 aromatic carbocycles. The summed E-state index contributed by atoms with van der Waals surface area (Å²) in [5.41, 5.74) is 2.62. The van der Waals surface area contributed by atoms with Crippen LogP contribution in [0, 0.1) is 5.41 Å². The smallest absolute Gasteiger partial charge is 0.317 e. The van der Waals surface area contributed by atoms with Gasteiger partial charge in [0.15, 0.2) is 0 Å². The van der Waals surface area contributed by atoms with E-state index in [9.17, 15) is 4.57 Å². The van der Waals surface area contributed by atoms with Gasteiger partial charge in [-0.2, -0.15) is 0 Å². The van der Waals surface area contributed by atoms with E-state index in [-0.39, 0.29) is 12.7 Å². The van der Waals surface area contributed by atoms with Crippen LogP contribution in [-0.2, 0) is 9.09 Å². The first-order valence-electron chi connectivity index (χ1n) is 3.59. The van der Waals surface area contributed by atoms with Gasteiger partial charge in [-0.25, -0.2) is 11.3 Å². The lowest BCUT2D eigenvalue weighted by Crippen LogP contribution is -2.44. The van der Waals surface area contributed by atoms with Crippen molar-refractivity contribution in [3.05, 3.63) is 0 Å². The van der Waals surface area contributed by atoms with Gasteiger partial charge in [0.2, 0.25) is 5.96 Å². The normalized spacial score (nSPS) is 19.7. The molecular formula is C4H12N5O3P. The Hall–Kier alpha value is -0.660. The van der Waals surface area contributed by atoms with Crippen molar-refractivity contribution in [3.8, 4) is 0 Å². The average molecular weight is 209 g/mol. The van der Waals surface area contributed by atoms with Crippen LogP contribution in [0.25, 0.3) is 0 Å². The van der Waals surface area contributed by atoms with E-state index in [4.69, 9.17) is 16.1 Å². The minimum absolute atomic E-state index is 0.107. The number of hydrazine groups is 2. The van der Waals surface area contributed by atoms with E-state index in [0.717, 1.165) is 0 Å². The topological polar surface area (TPSA) is 115 Å². The highest BCUT2D eigenvalue weighted by molar-refractivity contribution is 7.32. The summed E-state index contributed by atoms with van der Waals surface area (Å²) in [5.74, 6) is 5.49. The molecule has 1 aliphatic rings. The summed E-state index contributed by atoms with van der Waals surface area (Å²) in [4.78, 5) is 8.32. The Kier molecular flexibility index (Phi) is 3.64. The highest BCUT2D eigenvalue weighted by Crippen LogP contribution is 2.12. The second-order valence-corrected chi connectivity index (χ2v) is 3.20. The first-order valence-corrected chi connectivity index (χ1v) is 4.85. The molecule has 0 aromatic heterocycles. The maximum absolute atomic E-state index is 10.1. The summed E-state index contributed by atoms with van der Waals surface area (Å²) in [6.45, 7) is 0.982. The van der Waals surface area contributed by atoms with Gasteiger partial charge in [-0.3, -0.25) is 24.5 Å². The molecule has 0 radical (unpaired) electrons. The van der Waals surface area contributed by atoms with E-state index >= 15 is 0 Å². The standard InChI is InChI=1S/C4H12N5O3P/c5-4-8(6)1-2-9(4)7-3-12-13(10)11/h5,7,13H,1-3,6H2,(H,10,11). The Morgan fingerprint density at radius 3 is 2.92 bits per heavy atom. The Bertz CT molecular complexity index is 224. The van der Waals surface area contributed by atoms with Gasteiger partial charge in [-0.1, -0.05) is 0 Å². The molecule has 1 saturated heterocycles. The van der Waals surface area contributed by atoms with Crippen LogP contribution in [0.4, 0.5) is 0 Å². The predicted octanol–water partition coefficient (Wildman–Crippen LogP) is -1.73. The molecule has 1 fully saturated rings. The van der Waals surface area contributed by atoms with Gasteiger partial charge >= 0.3 is 8.25 Å². The second kappa shape index (κ2) is 4.54. The molecule has 0 spiro atoms. The zero-order chi connectivity index (χ0) is 9.84. The van der Waals surface area contributed by atoms with Gasteiger partial charge in [-0.15, -0.1) is 0 Å². The van der Waals surface area contributed by atoms with Crippen LogP contribution >= 0.6 is 8.25 Å². The molecule has 1 heterocycles. The maximum Gasteiger partial charge on any atom is 0.317 e. The van der Waals surface area contributed by atoms with Gasteiger partial charge in [0.1, 0.15) is 6.73 Å². The zero-order valence-electron chi connectivity index (χ0n) is 6.86. The minimum Gasteiger partial charge on any atom is -0.326 e. The number of guanidine groups is 1. The zero-order valence-corrected chi connectivity index (χ0v) is 7.86. The fraction of sp³-hybridized carbons (Fsp3) is 0.750. The van der Waals surface area contributed by atoms with Crippen LogP contribution in [0.15, 0.2) is 0 Å². The lowest BCUT2D eigenvalue weighted by molar-refractivity contribution is 0.187. The van der Waals surface area contributed by atoms with Gasteiger partial charge in [-0.05, 0) is 0 Å². The van der Waals surface area contributed by atoms with E-state index in [1.165, 1.54) is 10.0 Å². The number of nitrogens with two attached hydrogens (primary N) is 1. The van der Waals surface area contributed by atoms with Crippen molar-refractivity contribution in [2.45, 2.75) is 0 Å². The molecule has 0 bridgehead atoms. The van der Waals surface area contributed by atoms with Crippen LogP contribution in [0.2, 0.25) is 0 Å². The van der Waals surface area contributed by atoms with Crippen LogP contribution in [-0.4, -0.2) is 40.7 Å². The van der Waals surface area contributed by atoms with Crippen LogP contribution < -0.4 is 11.3 Å². The van der Waals surface area contributed by atoms with Crippen molar-refractivity contribution in [3.63, 3.8) is 0 Å². The number of nitrogens with one attached hydrogen (secondary N) is 2. The monoisotopic (exact) mass is 209 g/mol. The van der Waals surface area contributed by atoms with Gasteiger partial charge < -0.3 is 4.89 Å². The third kappa shape index (κ3) is 2.94. The van der Waals surface area contributed by atoms with Crippen molar-refractivity contribution in [2.75, 3.05) is 19.8 Å². The van der Waals surface area contributed by atoms with Crippen molar-refractivity contribution < 1.29 is 14.0 Å². The van der Waals surface area contributed by atoms with E-state index in [1.54, 1.807) is 0 Å². The van der Waals surface area contributed by atoms with Gasteiger partial charge in [0.25, 0.3) is 0 Å². The minimum atomic E-state index is -2.91. The van der Waals surface area contributed by atoms with E-state index in [1.807, 2.05) is 0 Å². The summed E-state index contributed by atoms with van der Waals surface area (Å²) in [6, 6.07) is 0. The predicted molar refractivity (Wildman–Crippen MR) is 45.6 cm³/mol. The van der Waals surface area contributed by atoms with Crippen molar-refractivity contribution in [2.24, 2.45) is 5.84 Å². The van der Waals surface area contributed by atoms with E-state index in [2.05, 4.69) is 9.95 Å². The molecule has 1 aliphatic heterocycles. The van der Waals surface area contributed by atoms with Gasteiger partial charge in [0, 0.05) is 0 Å². The molecule has 1 unspecified atom stereocenters. The summed E-state index contributed by atoms with van der Waals surface area (Å²) < 4.78 is 14.5. The maximum atomic E-state index is 10.1. The summed E-state index contributed by atoms with van der Waals surface area (Å²) in [5, 5.41) is 10.1. The molecule has 0 saturated carbocycles. The molecule has 13 heavy (non-hydrogen) atoms. The van der Waals surface area contributed by atoms with Crippen LogP contribution in [0.1, 0.15) is 0 Å². The highest BCUT2D eigenvalue weighted by Gasteiger charge is 2.21. The quantitative estimate of drug-likeness (QED) is 0.247. The molecule has 8 nitrogen and oxygen atoms in total. The fourth-order valence-electron chi connectivity index (χ4n) is 0.900. The summed E-state index contributed by atoms with van der Waals surface area (Å²) in [6.07, 6.45) is 0. The van der Waals surface area contributed by atoms with Crippen molar-refractivity contribution in [1.82, 2.24) is 15.4 Å². The molecule has 76 valence electrons. The number of nitrogens with zero attached hydrogens (tertiary/aromatic N) is 2. The Balaban J connectivity index is 2.23. The number of rotatable bonds is 4. The van der Waals surface area contributed by atoms with Crippen LogP contribution in [0.3, 0.4) is 0 Å².